The highest BCUT2D eigenvalue weighted by atomic mass is 16.2. The van der Waals surface area contributed by atoms with Gasteiger partial charge in [-0.25, -0.2) is 0 Å². The molecule has 2 saturated heterocycles. The molecular formula is C22H28N4O2. The van der Waals surface area contributed by atoms with Crippen LogP contribution in [0.1, 0.15) is 48.0 Å². The molecule has 0 aromatic heterocycles. The second-order valence-corrected chi connectivity index (χ2v) is 8.59. The molecule has 2 heterocycles. The zero-order valence-electron chi connectivity index (χ0n) is 16.6. The Balaban J connectivity index is 1.48. The van der Waals surface area contributed by atoms with E-state index >= 15 is 0 Å². The fourth-order valence-electron chi connectivity index (χ4n) is 4.54. The molecule has 6 heteroatoms. The number of hydrogen-bond donors (Lipinski definition) is 0. The molecule has 1 saturated carbocycles. The topological polar surface area (TPSA) is 67.6 Å². The van der Waals surface area contributed by atoms with E-state index in [0.717, 1.165) is 32.5 Å². The average Bonchev–Trinajstić information content (AvgIpc) is 3.55. The summed E-state index contributed by atoms with van der Waals surface area (Å²) in [7, 11) is 2.13. The van der Waals surface area contributed by atoms with E-state index in [1.54, 1.807) is 24.3 Å². The number of piperazine rings is 1. The van der Waals surface area contributed by atoms with Gasteiger partial charge in [0.05, 0.1) is 11.6 Å². The van der Waals surface area contributed by atoms with Gasteiger partial charge in [-0.1, -0.05) is 0 Å². The molecular weight excluding hydrogens is 352 g/mol. The maximum absolute atomic E-state index is 13.0. The van der Waals surface area contributed by atoms with Crippen molar-refractivity contribution in [2.45, 2.75) is 37.6 Å². The molecule has 6 nitrogen and oxygen atoms in total. The SMILES string of the molecule is CN1CCN(C(=O)c2ccc(C#N)cc2)C[C@@]12CCC(=O)N(CC1CC1)CC2. The van der Waals surface area contributed by atoms with Gasteiger partial charge in [0.1, 0.15) is 0 Å². The number of carbonyl (C=O) groups is 2. The minimum Gasteiger partial charge on any atom is -0.342 e. The molecule has 2 amide bonds. The van der Waals surface area contributed by atoms with E-state index in [4.69, 9.17) is 5.26 Å². The Morgan fingerprint density at radius 3 is 2.61 bits per heavy atom. The number of nitrogens with zero attached hydrogens (tertiary/aromatic N) is 4. The van der Waals surface area contributed by atoms with E-state index in [1.807, 2.05) is 4.90 Å². The standard InChI is InChI=1S/C22H28N4O2/c1-24-12-13-26(21(28)19-6-4-17(14-23)5-7-19)16-22(24)9-8-20(27)25(11-10-22)15-18-2-3-18/h4-7,18H,2-3,8-13,15-16H2,1H3/t22-/m0/s1. The van der Waals surface area contributed by atoms with Gasteiger partial charge < -0.3 is 9.80 Å². The molecule has 148 valence electrons. The van der Waals surface area contributed by atoms with Crippen LogP contribution in [-0.2, 0) is 4.79 Å². The molecule has 3 aliphatic rings. The van der Waals surface area contributed by atoms with Gasteiger partial charge in [-0.15, -0.1) is 0 Å². The summed E-state index contributed by atoms with van der Waals surface area (Å²) >= 11 is 0. The highest BCUT2D eigenvalue weighted by molar-refractivity contribution is 5.94. The van der Waals surface area contributed by atoms with Crippen molar-refractivity contribution in [3.63, 3.8) is 0 Å². The number of amides is 2. The zero-order chi connectivity index (χ0) is 19.7. The van der Waals surface area contributed by atoms with Crippen LogP contribution in [0.25, 0.3) is 0 Å². The number of carbonyl (C=O) groups excluding carboxylic acids is 2. The zero-order valence-corrected chi connectivity index (χ0v) is 16.6. The van der Waals surface area contributed by atoms with Crippen molar-refractivity contribution in [2.75, 3.05) is 39.8 Å². The molecule has 1 aromatic rings. The van der Waals surface area contributed by atoms with E-state index in [1.165, 1.54) is 12.8 Å². The molecule has 1 atom stereocenters. The maximum Gasteiger partial charge on any atom is 0.253 e. The highest BCUT2D eigenvalue weighted by Gasteiger charge is 2.44. The summed E-state index contributed by atoms with van der Waals surface area (Å²) in [5, 5.41) is 8.96. The van der Waals surface area contributed by atoms with Crippen molar-refractivity contribution in [3.8, 4) is 6.07 Å². The van der Waals surface area contributed by atoms with Crippen LogP contribution in [0.2, 0.25) is 0 Å². The third-order valence-electron chi connectivity index (χ3n) is 6.73. The van der Waals surface area contributed by atoms with Crippen LogP contribution in [0.5, 0.6) is 0 Å². The van der Waals surface area contributed by atoms with E-state index in [2.05, 4.69) is 22.9 Å². The number of likely N-dealkylation sites (N-methyl/N-ethyl adjacent to an activating group) is 1. The number of hydrogen-bond acceptors (Lipinski definition) is 4. The summed E-state index contributed by atoms with van der Waals surface area (Å²) in [5.74, 6) is 0.992. The third-order valence-corrected chi connectivity index (χ3v) is 6.73. The fourth-order valence-corrected chi connectivity index (χ4v) is 4.54. The third kappa shape index (κ3) is 3.77. The Hall–Kier alpha value is -2.39. The summed E-state index contributed by atoms with van der Waals surface area (Å²) in [6, 6.07) is 8.95. The Bertz CT molecular complexity index is 796. The van der Waals surface area contributed by atoms with Crippen molar-refractivity contribution in [1.29, 1.82) is 5.26 Å². The number of likely N-dealkylation sites (tertiary alicyclic amines) is 1. The van der Waals surface area contributed by atoms with Crippen LogP contribution in [0.4, 0.5) is 0 Å². The molecule has 0 unspecified atom stereocenters. The first-order chi connectivity index (χ1) is 13.5. The van der Waals surface area contributed by atoms with Crippen LogP contribution in [0.3, 0.4) is 0 Å². The van der Waals surface area contributed by atoms with Crippen molar-refractivity contribution in [1.82, 2.24) is 14.7 Å². The Kier molecular flexibility index (Phi) is 5.11. The lowest BCUT2D eigenvalue weighted by atomic mass is 9.86. The van der Waals surface area contributed by atoms with Gasteiger partial charge >= 0.3 is 0 Å². The molecule has 1 aromatic carbocycles. The van der Waals surface area contributed by atoms with Crippen molar-refractivity contribution in [2.24, 2.45) is 5.92 Å². The lowest BCUT2D eigenvalue weighted by molar-refractivity contribution is -0.130. The second-order valence-electron chi connectivity index (χ2n) is 8.59. The van der Waals surface area contributed by atoms with Gasteiger partial charge in [-0.3, -0.25) is 14.5 Å². The van der Waals surface area contributed by atoms with E-state index in [9.17, 15) is 9.59 Å². The molecule has 4 rings (SSSR count). The Labute approximate surface area is 166 Å². The number of nitriles is 1. The minimum atomic E-state index is -0.130. The Morgan fingerprint density at radius 2 is 1.93 bits per heavy atom. The Morgan fingerprint density at radius 1 is 1.18 bits per heavy atom. The summed E-state index contributed by atoms with van der Waals surface area (Å²) in [4.78, 5) is 32.0. The molecule has 1 aliphatic carbocycles. The number of rotatable bonds is 3. The lowest BCUT2D eigenvalue weighted by Crippen LogP contribution is -2.62. The highest BCUT2D eigenvalue weighted by Crippen LogP contribution is 2.35. The largest absolute Gasteiger partial charge is 0.342 e. The van der Waals surface area contributed by atoms with Gasteiger partial charge in [0.25, 0.3) is 5.91 Å². The molecule has 0 N–H and O–H groups in total. The maximum atomic E-state index is 13.0. The van der Waals surface area contributed by atoms with Gasteiger partial charge in [-0.05, 0) is 62.9 Å². The van der Waals surface area contributed by atoms with Gasteiger partial charge in [0.15, 0.2) is 0 Å². The monoisotopic (exact) mass is 380 g/mol. The van der Waals surface area contributed by atoms with Crippen LogP contribution in [0.15, 0.2) is 24.3 Å². The molecule has 0 bridgehead atoms. The van der Waals surface area contributed by atoms with E-state index in [-0.39, 0.29) is 17.4 Å². The lowest BCUT2D eigenvalue weighted by Gasteiger charge is -2.49. The second kappa shape index (κ2) is 7.56. The summed E-state index contributed by atoms with van der Waals surface area (Å²) in [5.41, 5.74) is 1.05. The smallest absolute Gasteiger partial charge is 0.253 e. The van der Waals surface area contributed by atoms with E-state index < -0.39 is 0 Å². The predicted molar refractivity (Wildman–Crippen MR) is 106 cm³/mol. The van der Waals surface area contributed by atoms with Crippen molar-refractivity contribution >= 4 is 11.8 Å². The first-order valence-electron chi connectivity index (χ1n) is 10.3. The first kappa shape index (κ1) is 18.9. The molecule has 1 spiro atoms. The van der Waals surface area contributed by atoms with Crippen molar-refractivity contribution in [3.05, 3.63) is 35.4 Å². The molecule has 2 aliphatic heterocycles. The minimum absolute atomic E-state index is 0.0161. The van der Waals surface area contributed by atoms with Crippen LogP contribution in [-0.4, -0.2) is 71.8 Å². The molecule has 28 heavy (non-hydrogen) atoms. The van der Waals surface area contributed by atoms with Crippen LogP contribution < -0.4 is 0 Å². The predicted octanol–water partition coefficient (Wildman–Crippen LogP) is 2.11. The summed E-state index contributed by atoms with van der Waals surface area (Å²) in [6.07, 6.45) is 4.79. The molecule has 0 radical (unpaired) electrons. The average molecular weight is 380 g/mol. The van der Waals surface area contributed by atoms with Crippen LogP contribution >= 0.6 is 0 Å². The van der Waals surface area contributed by atoms with Crippen LogP contribution in [0, 0.1) is 17.2 Å². The van der Waals surface area contributed by atoms with Gasteiger partial charge in [0.2, 0.25) is 5.91 Å². The normalized spacial score (nSPS) is 26.2. The summed E-state index contributed by atoms with van der Waals surface area (Å²) < 4.78 is 0. The van der Waals surface area contributed by atoms with E-state index in [0.29, 0.717) is 36.6 Å². The van der Waals surface area contributed by atoms with Crippen molar-refractivity contribution < 1.29 is 9.59 Å². The number of benzene rings is 1. The quantitative estimate of drug-likeness (QED) is 0.805. The van der Waals surface area contributed by atoms with Gasteiger partial charge in [-0.2, -0.15) is 5.26 Å². The fraction of sp³-hybridized carbons (Fsp3) is 0.591. The molecule has 3 fully saturated rings. The first-order valence-corrected chi connectivity index (χ1v) is 10.3. The van der Waals surface area contributed by atoms with Gasteiger partial charge in [0, 0.05) is 50.2 Å². The summed E-state index contributed by atoms with van der Waals surface area (Å²) in [6.45, 7) is 3.87.